The Morgan fingerprint density at radius 2 is 1.93 bits per heavy atom. The highest BCUT2D eigenvalue weighted by molar-refractivity contribution is 5.96. The van der Waals surface area contributed by atoms with Crippen molar-refractivity contribution in [2.24, 2.45) is 5.41 Å². The van der Waals surface area contributed by atoms with Crippen molar-refractivity contribution in [3.63, 3.8) is 0 Å². The quantitative estimate of drug-likeness (QED) is 0.883. The number of rotatable bonds is 4. The van der Waals surface area contributed by atoms with Crippen LogP contribution < -0.4 is 5.32 Å². The average Bonchev–Trinajstić information content (AvgIpc) is 3.08. The molecule has 1 atom stereocenters. The monoisotopic (exact) mass is 373 g/mol. The van der Waals surface area contributed by atoms with Gasteiger partial charge in [0.2, 0.25) is 5.91 Å². The van der Waals surface area contributed by atoms with Gasteiger partial charge >= 0.3 is 6.18 Å². The normalized spacial score (nSPS) is 20.2. The summed E-state index contributed by atoms with van der Waals surface area (Å²) in [4.78, 5) is 14.3. The van der Waals surface area contributed by atoms with E-state index in [0.717, 1.165) is 5.56 Å². The molecule has 0 radical (unpaired) electrons. The number of halogens is 3. The lowest BCUT2D eigenvalue weighted by atomic mass is 9.85. The summed E-state index contributed by atoms with van der Waals surface area (Å²) in [5, 5.41) is 11.3. The number of hydrogen-bond donors (Lipinski definition) is 1. The zero-order valence-corrected chi connectivity index (χ0v) is 14.5. The Hall–Kier alpha value is -2.85. The number of amides is 1. The van der Waals surface area contributed by atoms with E-state index in [0.29, 0.717) is 6.54 Å². The standard InChI is InChI=1S/C20H18F3N3O/c21-20(22,23)19(18(27)25-17-8-4-7-16(11-17)12-24)9-10-26(14-19)13-15-5-2-1-3-6-15/h1-8,11H,9-10,13-14H2,(H,25,27). The molecule has 1 N–H and O–H groups in total. The summed E-state index contributed by atoms with van der Waals surface area (Å²) < 4.78 is 41.7. The molecule has 1 aliphatic rings. The highest BCUT2D eigenvalue weighted by Gasteiger charge is 2.62. The number of anilines is 1. The number of alkyl halides is 3. The van der Waals surface area contributed by atoms with Gasteiger partial charge in [-0.3, -0.25) is 9.69 Å². The van der Waals surface area contributed by atoms with Crippen LogP contribution in [0.4, 0.5) is 18.9 Å². The minimum Gasteiger partial charge on any atom is -0.325 e. The van der Waals surface area contributed by atoms with Crippen LogP contribution >= 0.6 is 0 Å². The average molecular weight is 373 g/mol. The number of carbonyl (C=O) groups excluding carboxylic acids is 1. The first-order valence-electron chi connectivity index (χ1n) is 8.49. The largest absolute Gasteiger partial charge is 0.404 e. The maximum Gasteiger partial charge on any atom is 0.404 e. The summed E-state index contributed by atoms with van der Waals surface area (Å²) in [7, 11) is 0. The van der Waals surface area contributed by atoms with E-state index in [1.807, 2.05) is 36.4 Å². The fourth-order valence-corrected chi connectivity index (χ4v) is 3.33. The van der Waals surface area contributed by atoms with E-state index in [2.05, 4.69) is 5.32 Å². The molecule has 1 aliphatic heterocycles. The molecular weight excluding hydrogens is 355 g/mol. The van der Waals surface area contributed by atoms with Crippen LogP contribution in [0.5, 0.6) is 0 Å². The van der Waals surface area contributed by atoms with Crippen LogP contribution in [0.3, 0.4) is 0 Å². The minimum absolute atomic E-state index is 0.181. The van der Waals surface area contributed by atoms with E-state index in [1.165, 1.54) is 24.3 Å². The predicted molar refractivity (Wildman–Crippen MR) is 94.6 cm³/mol. The van der Waals surface area contributed by atoms with E-state index < -0.39 is 24.0 Å². The molecule has 3 rings (SSSR count). The second-order valence-corrected chi connectivity index (χ2v) is 6.67. The molecule has 0 aliphatic carbocycles. The van der Waals surface area contributed by atoms with Gasteiger partial charge in [0, 0.05) is 18.8 Å². The topological polar surface area (TPSA) is 56.1 Å². The molecule has 0 bridgehead atoms. The van der Waals surface area contributed by atoms with Crippen LogP contribution in [0.1, 0.15) is 17.5 Å². The van der Waals surface area contributed by atoms with Crippen molar-refractivity contribution in [3.05, 3.63) is 65.7 Å². The van der Waals surface area contributed by atoms with Crippen molar-refractivity contribution >= 4 is 11.6 Å². The van der Waals surface area contributed by atoms with Gasteiger partial charge in [0.15, 0.2) is 5.41 Å². The van der Waals surface area contributed by atoms with Gasteiger partial charge in [-0.2, -0.15) is 18.4 Å². The predicted octanol–water partition coefficient (Wildman–Crippen LogP) is 3.95. The van der Waals surface area contributed by atoms with Gasteiger partial charge in [-0.1, -0.05) is 36.4 Å². The molecule has 1 saturated heterocycles. The smallest absolute Gasteiger partial charge is 0.325 e. The van der Waals surface area contributed by atoms with Crippen molar-refractivity contribution in [2.45, 2.75) is 19.1 Å². The van der Waals surface area contributed by atoms with Gasteiger partial charge in [-0.15, -0.1) is 0 Å². The fourth-order valence-electron chi connectivity index (χ4n) is 3.33. The zero-order valence-electron chi connectivity index (χ0n) is 14.5. The van der Waals surface area contributed by atoms with E-state index in [4.69, 9.17) is 5.26 Å². The number of nitrogens with zero attached hydrogens (tertiary/aromatic N) is 2. The molecular formula is C20H18F3N3O. The highest BCUT2D eigenvalue weighted by Crippen LogP contribution is 2.46. The first kappa shape index (κ1) is 18.9. The molecule has 1 heterocycles. The fraction of sp³-hybridized carbons (Fsp3) is 0.300. The van der Waals surface area contributed by atoms with Crippen LogP contribution in [0.15, 0.2) is 54.6 Å². The number of hydrogen-bond acceptors (Lipinski definition) is 3. The number of nitrogens with one attached hydrogen (secondary N) is 1. The Morgan fingerprint density at radius 3 is 2.59 bits per heavy atom. The van der Waals surface area contributed by atoms with Crippen molar-refractivity contribution in [3.8, 4) is 6.07 Å². The van der Waals surface area contributed by atoms with Gasteiger partial charge in [0.05, 0.1) is 11.6 Å². The maximum absolute atomic E-state index is 13.9. The molecule has 1 unspecified atom stereocenters. The third-order valence-corrected chi connectivity index (χ3v) is 4.82. The van der Waals surface area contributed by atoms with E-state index in [1.54, 1.807) is 4.90 Å². The van der Waals surface area contributed by atoms with Crippen LogP contribution in [-0.2, 0) is 11.3 Å². The van der Waals surface area contributed by atoms with Crippen LogP contribution in [0.25, 0.3) is 0 Å². The number of nitriles is 1. The highest BCUT2D eigenvalue weighted by atomic mass is 19.4. The molecule has 0 aromatic heterocycles. The number of carbonyl (C=O) groups is 1. The summed E-state index contributed by atoms with van der Waals surface area (Å²) in [6.07, 6.45) is -4.97. The Kier molecular flexibility index (Phi) is 5.19. The van der Waals surface area contributed by atoms with Crippen molar-refractivity contribution in [1.29, 1.82) is 5.26 Å². The van der Waals surface area contributed by atoms with Crippen molar-refractivity contribution in [2.75, 3.05) is 18.4 Å². The molecule has 2 aromatic rings. The molecule has 1 fully saturated rings. The Labute approximate surface area is 155 Å². The summed E-state index contributed by atoms with van der Waals surface area (Å²) in [6, 6.07) is 17.0. The molecule has 0 spiro atoms. The van der Waals surface area contributed by atoms with E-state index in [9.17, 15) is 18.0 Å². The van der Waals surface area contributed by atoms with Crippen LogP contribution in [0, 0.1) is 16.7 Å². The molecule has 4 nitrogen and oxygen atoms in total. The molecule has 2 aromatic carbocycles. The molecule has 27 heavy (non-hydrogen) atoms. The van der Waals surface area contributed by atoms with Gasteiger partial charge in [-0.25, -0.2) is 0 Å². The molecule has 1 amide bonds. The second-order valence-electron chi connectivity index (χ2n) is 6.67. The number of likely N-dealkylation sites (tertiary alicyclic amines) is 1. The summed E-state index contributed by atoms with van der Waals surface area (Å²) in [5.74, 6) is -1.08. The van der Waals surface area contributed by atoms with Crippen molar-refractivity contribution in [1.82, 2.24) is 4.90 Å². The van der Waals surface area contributed by atoms with Gasteiger partial charge in [-0.05, 0) is 36.7 Å². The Bertz CT molecular complexity index is 861. The van der Waals surface area contributed by atoms with E-state index >= 15 is 0 Å². The lowest BCUT2D eigenvalue weighted by Gasteiger charge is -2.30. The third kappa shape index (κ3) is 3.96. The minimum atomic E-state index is -4.67. The Balaban J connectivity index is 1.79. The summed E-state index contributed by atoms with van der Waals surface area (Å²) in [5.41, 5.74) is -1.11. The van der Waals surface area contributed by atoms with Crippen LogP contribution in [0.2, 0.25) is 0 Å². The molecule has 140 valence electrons. The van der Waals surface area contributed by atoms with Crippen molar-refractivity contribution < 1.29 is 18.0 Å². The van der Waals surface area contributed by atoms with Crippen LogP contribution in [-0.4, -0.2) is 30.1 Å². The molecule has 7 heteroatoms. The lowest BCUT2D eigenvalue weighted by molar-refractivity contribution is -0.215. The second kappa shape index (κ2) is 7.41. The Morgan fingerprint density at radius 1 is 1.19 bits per heavy atom. The molecule has 0 saturated carbocycles. The summed E-state index contributed by atoms with van der Waals surface area (Å²) in [6.45, 7) is 0.144. The van der Waals surface area contributed by atoms with Gasteiger partial charge in [0.1, 0.15) is 0 Å². The number of benzene rings is 2. The zero-order chi connectivity index (χ0) is 19.5. The third-order valence-electron chi connectivity index (χ3n) is 4.82. The summed E-state index contributed by atoms with van der Waals surface area (Å²) >= 11 is 0. The first-order chi connectivity index (χ1) is 12.8. The SMILES string of the molecule is N#Cc1cccc(NC(=O)C2(C(F)(F)F)CCN(Cc3ccccc3)C2)c1. The maximum atomic E-state index is 13.9. The van der Waals surface area contributed by atoms with Gasteiger partial charge in [0.25, 0.3) is 0 Å². The van der Waals surface area contributed by atoms with Gasteiger partial charge < -0.3 is 5.32 Å². The first-order valence-corrected chi connectivity index (χ1v) is 8.49. The van der Waals surface area contributed by atoms with E-state index in [-0.39, 0.29) is 24.2 Å². The lowest BCUT2D eigenvalue weighted by Crippen LogP contribution is -2.49.